The van der Waals surface area contributed by atoms with Crippen LogP contribution in [0.5, 0.6) is 0 Å². The van der Waals surface area contributed by atoms with Crippen LogP contribution in [0, 0.1) is 5.82 Å². The number of hydrogen-bond acceptors (Lipinski definition) is 4. The fraction of sp³-hybridized carbons (Fsp3) is 0.667. The maximum atomic E-state index is 14.6. The molecule has 24 heavy (non-hydrogen) atoms. The van der Waals surface area contributed by atoms with Crippen LogP contribution in [0.1, 0.15) is 19.4 Å². The number of hydrogen-bond donors (Lipinski definition) is 0. The number of likely N-dealkylation sites (N-methyl/N-ethyl adjacent to an activating group) is 2. The van der Waals surface area contributed by atoms with Gasteiger partial charge in [-0.3, -0.25) is 4.90 Å². The van der Waals surface area contributed by atoms with Gasteiger partial charge in [-0.05, 0) is 37.1 Å². The third-order valence-corrected chi connectivity index (χ3v) is 4.54. The molecule has 2 rings (SSSR count). The van der Waals surface area contributed by atoms with E-state index in [1.54, 1.807) is 13.2 Å². The molecule has 0 bridgehead atoms. The van der Waals surface area contributed by atoms with Crippen LogP contribution in [-0.4, -0.2) is 70.3 Å². The van der Waals surface area contributed by atoms with E-state index < -0.39 is 0 Å². The summed E-state index contributed by atoms with van der Waals surface area (Å²) in [7, 11) is 8.52. The zero-order valence-electron chi connectivity index (χ0n) is 15.8. The minimum absolute atomic E-state index is 0.118. The van der Waals surface area contributed by atoms with Gasteiger partial charge >= 0.3 is 0 Å². The van der Waals surface area contributed by atoms with E-state index in [9.17, 15) is 4.39 Å². The molecule has 138 valence electrons. The Hall–Kier alpha value is -0.740. The SMILES string of the molecule is CC.COCCN(C)Cc1cc(F)c(N2CCN(C)CC2)c(P)c1. The molecule has 0 N–H and O–H groups in total. The van der Waals surface area contributed by atoms with Crippen molar-refractivity contribution in [3.63, 3.8) is 0 Å². The van der Waals surface area contributed by atoms with Crippen LogP contribution in [0.4, 0.5) is 10.1 Å². The quantitative estimate of drug-likeness (QED) is 0.727. The fourth-order valence-electron chi connectivity index (χ4n) is 2.77. The lowest BCUT2D eigenvalue weighted by Gasteiger charge is -2.35. The first-order chi connectivity index (χ1) is 11.5. The Morgan fingerprint density at radius 2 is 1.83 bits per heavy atom. The first-order valence-corrected chi connectivity index (χ1v) is 9.28. The number of piperazine rings is 1. The number of ether oxygens (including phenoxy) is 1. The second-order valence-corrected chi connectivity index (χ2v) is 6.66. The van der Waals surface area contributed by atoms with E-state index in [1.807, 2.05) is 20.9 Å². The zero-order chi connectivity index (χ0) is 18.1. The number of rotatable bonds is 6. The first kappa shape index (κ1) is 21.3. The molecule has 0 aliphatic carbocycles. The number of anilines is 1. The lowest BCUT2D eigenvalue weighted by atomic mass is 10.1. The van der Waals surface area contributed by atoms with E-state index >= 15 is 0 Å². The van der Waals surface area contributed by atoms with Crippen LogP contribution in [0.2, 0.25) is 0 Å². The highest BCUT2D eigenvalue weighted by Gasteiger charge is 2.20. The van der Waals surface area contributed by atoms with Crippen LogP contribution < -0.4 is 10.2 Å². The minimum atomic E-state index is -0.118. The molecule has 1 aliphatic rings. The third kappa shape index (κ3) is 6.29. The van der Waals surface area contributed by atoms with Crippen molar-refractivity contribution in [1.29, 1.82) is 0 Å². The highest BCUT2D eigenvalue weighted by atomic mass is 31.0. The molecular weight excluding hydrogens is 324 g/mol. The molecule has 1 aromatic carbocycles. The fourth-order valence-corrected chi connectivity index (χ4v) is 3.31. The molecule has 0 amide bonds. The van der Waals surface area contributed by atoms with Crippen molar-refractivity contribution in [2.45, 2.75) is 20.4 Å². The Labute approximate surface area is 149 Å². The Morgan fingerprint density at radius 3 is 2.38 bits per heavy atom. The maximum Gasteiger partial charge on any atom is 0.147 e. The van der Waals surface area contributed by atoms with Gasteiger partial charge in [0.25, 0.3) is 0 Å². The van der Waals surface area contributed by atoms with Crippen LogP contribution in [0.3, 0.4) is 0 Å². The highest BCUT2D eigenvalue weighted by Crippen LogP contribution is 2.22. The van der Waals surface area contributed by atoms with E-state index in [1.165, 1.54) is 0 Å². The molecule has 0 spiro atoms. The molecule has 1 atom stereocenters. The molecule has 0 aromatic heterocycles. The minimum Gasteiger partial charge on any atom is -0.383 e. The van der Waals surface area contributed by atoms with Gasteiger partial charge in [0, 0.05) is 46.4 Å². The van der Waals surface area contributed by atoms with Crippen molar-refractivity contribution in [2.75, 3.05) is 65.4 Å². The molecule has 1 fully saturated rings. The van der Waals surface area contributed by atoms with Crippen LogP contribution in [-0.2, 0) is 11.3 Å². The van der Waals surface area contributed by atoms with Crippen molar-refractivity contribution in [1.82, 2.24) is 9.80 Å². The summed E-state index contributed by atoms with van der Waals surface area (Å²) in [6.07, 6.45) is 0. The Kier molecular flexibility index (Phi) is 9.75. The predicted molar refractivity (Wildman–Crippen MR) is 105 cm³/mol. The smallest absolute Gasteiger partial charge is 0.147 e. The van der Waals surface area contributed by atoms with E-state index in [2.05, 4.69) is 37.1 Å². The van der Waals surface area contributed by atoms with E-state index in [0.717, 1.165) is 55.8 Å². The molecule has 0 saturated carbocycles. The average Bonchev–Trinajstić information content (AvgIpc) is 2.56. The van der Waals surface area contributed by atoms with E-state index in [-0.39, 0.29) is 5.82 Å². The van der Waals surface area contributed by atoms with Gasteiger partial charge in [-0.1, -0.05) is 13.8 Å². The summed E-state index contributed by atoms with van der Waals surface area (Å²) in [5, 5.41) is 0.944. The summed E-state index contributed by atoms with van der Waals surface area (Å²) in [6, 6.07) is 3.75. The van der Waals surface area contributed by atoms with Gasteiger partial charge in [-0.15, -0.1) is 9.24 Å². The Balaban J connectivity index is 0.00000139. The first-order valence-electron chi connectivity index (χ1n) is 8.70. The van der Waals surface area contributed by atoms with Gasteiger partial charge in [0.05, 0.1) is 12.3 Å². The van der Waals surface area contributed by atoms with Gasteiger partial charge in [0.15, 0.2) is 0 Å². The monoisotopic (exact) mass is 357 g/mol. The van der Waals surface area contributed by atoms with Crippen molar-refractivity contribution in [3.8, 4) is 0 Å². The standard InChI is InChI=1S/C16H27FN3OP.C2H6/c1-18-4-6-20(7-5-18)16-14(17)10-13(11-15(16)22)12-19(2)8-9-21-3;1-2/h10-11H,4-9,12,22H2,1-3H3;1-2H3. The maximum absolute atomic E-state index is 14.6. The lowest BCUT2D eigenvalue weighted by molar-refractivity contribution is 0.158. The van der Waals surface area contributed by atoms with Gasteiger partial charge in [0.1, 0.15) is 5.82 Å². The average molecular weight is 357 g/mol. The molecule has 6 heteroatoms. The molecule has 1 aromatic rings. The second kappa shape index (κ2) is 11.0. The molecular formula is C18H33FN3OP. The Morgan fingerprint density at radius 1 is 1.21 bits per heavy atom. The van der Waals surface area contributed by atoms with Gasteiger partial charge < -0.3 is 14.5 Å². The largest absolute Gasteiger partial charge is 0.383 e. The molecule has 0 radical (unpaired) electrons. The molecule has 1 aliphatic heterocycles. The summed E-state index contributed by atoms with van der Waals surface area (Å²) >= 11 is 0. The molecule has 1 heterocycles. The molecule has 1 saturated heterocycles. The van der Waals surface area contributed by atoms with Crippen molar-refractivity contribution in [2.24, 2.45) is 0 Å². The summed E-state index contributed by atoms with van der Waals surface area (Å²) in [5.74, 6) is -0.118. The zero-order valence-corrected chi connectivity index (χ0v) is 17.0. The van der Waals surface area contributed by atoms with E-state index in [4.69, 9.17) is 4.74 Å². The highest BCUT2D eigenvalue weighted by molar-refractivity contribution is 7.28. The predicted octanol–water partition coefficient (Wildman–Crippen LogP) is 2.18. The van der Waals surface area contributed by atoms with Crippen molar-refractivity contribution in [3.05, 3.63) is 23.5 Å². The number of methoxy groups -OCH3 is 1. The van der Waals surface area contributed by atoms with Crippen LogP contribution in [0.15, 0.2) is 12.1 Å². The van der Waals surface area contributed by atoms with Crippen molar-refractivity contribution >= 4 is 20.2 Å². The topological polar surface area (TPSA) is 19.0 Å². The number of benzene rings is 1. The normalized spacial score (nSPS) is 15.4. The van der Waals surface area contributed by atoms with Crippen molar-refractivity contribution < 1.29 is 9.13 Å². The lowest BCUT2D eigenvalue weighted by Crippen LogP contribution is -2.46. The van der Waals surface area contributed by atoms with E-state index in [0.29, 0.717) is 6.61 Å². The third-order valence-electron chi connectivity index (χ3n) is 4.10. The summed E-state index contributed by atoms with van der Waals surface area (Å²) in [5.41, 5.74) is 1.74. The number of halogens is 1. The summed E-state index contributed by atoms with van der Waals surface area (Å²) in [6.45, 7) is 9.96. The number of nitrogens with zero attached hydrogens (tertiary/aromatic N) is 3. The molecule has 4 nitrogen and oxygen atoms in total. The summed E-state index contributed by atoms with van der Waals surface area (Å²) < 4.78 is 19.7. The van der Waals surface area contributed by atoms with Gasteiger partial charge in [-0.2, -0.15) is 0 Å². The van der Waals surface area contributed by atoms with Crippen LogP contribution in [0.25, 0.3) is 0 Å². The summed E-state index contributed by atoms with van der Waals surface area (Å²) in [4.78, 5) is 6.56. The van der Waals surface area contributed by atoms with Gasteiger partial charge in [-0.25, -0.2) is 4.39 Å². The second-order valence-electron chi connectivity index (χ2n) is 6.04. The Bertz CT molecular complexity index is 470. The van der Waals surface area contributed by atoms with Gasteiger partial charge in [0.2, 0.25) is 0 Å². The molecule has 1 unspecified atom stereocenters. The van der Waals surface area contributed by atoms with Crippen LogP contribution >= 0.6 is 9.24 Å².